The SMILES string of the molecule is CC(C)(C)N(C[C@@H]1CN(c2ccc(-c3nc(Cn4cncn4)cs3)c(F)c2)C(=O)O1)C(=O)O. The molecule has 4 rings (SSSR count). The third-order valence-corrected chi connectivity index (χ3v) is 6.06. The predicted molar refractivity (Wildman–Crippen MR) is 119 cm³/mol. The molecule has 12 heteroatoms. The lowest BCUT2D eigenvalue weighted by atomic mass is 10.1. The second-order valence-electron chi connectivity index (χ2n) is 8.58. The molecule has 0 aliphatic carbocycles. The Morgan fingerprint density at radius 1 is 1.39 bits per heavy atom. The van der Waals surface area contributed by atoms with Gasteiger partial charge in [-0.05, 0) is 39.0 Å². The van der Waals surface area contributed by atoms with Gasteiger partial charge >= 0.3 is 12.2 Å². The Labute approximate surface area is 193 Å². The number of thiazole rings is 1. The number of ether oxygens (including phenoxy) is 1. The smallest absolute Gasteiger partial charge is 0.414 e. The van der Waals surface area contributed by atoms with Crippen LogP contribution in [0.5, 0.6) is 0 Å². The van der Waals surface area contributed by atoms with Gasteiger partial charge in [-0.3, -0.25) is 9.80 Å². The van der Waals surface area contributed by atoms with Crippen LogP contribution in [0.3, 0.4) is 0 Å². The van der Waals surface area contributed by atoms with Gasteiger partial charge in [-0.25, -0.2) is 28.6 Å². The number of carboxylic acid groups (broad SMARTS) is 1. The maximum atomic E-state index is 14.9. The molecule has 2 aromatic heterocycles. The van der Waals surface area contributed by atoms with Crippen molar-refractivity contribution in [3.8, 4) is 10.6 Å². The first-order valence-corrected chi connectivity index (χ1v) is 11.1. The van der Waals surface area contributed by atoms with E-state index in [4.69, 9.17) is 4.74 Å². The molecule has 1 N–H and O–H groups in total. The van der Waals surface area contributed by atoms with Gasteiger partial charge in [0.2, 0.25) is 0 Å². The van der Waals surface area contributed by atoms with Gasteiger partial charge in [-0.1, -0.05) is 0 Å². The Balaban J connectivity index is 1.47. The molecule has 0 spiro atoms. The number of halogens is 1. The van der Waals surface area contributed by atoms with Crippen LogP contribution in [0.4, 0.5) is 19.7 Å². The summed E-state index contributed by atoms with van der Waals surface area (Å²) in [5, 5.41) is 15.8. The lowest BCUT2D eigenvalue weighted by Gasteiger charge is -2.34. The molecule has 1 aliphatic heterocycles. The highest BCUT2D eigenvalue weighted by Gasteiger charge is 2.37. The molecule has 174 valence electrons. The van der Waals surface area contributed by atoms with Crippen LogP contribution in [0.1, 0.15) is 26.5 Å². The van der Waals surface area contributed by atoms with Gasteiger partial charge in [0.05, 0.1) is 31.0 Å². The van der Waals surface area contributed by atoms with Crippen molar-refractivity contribution in [2.75, 3.05) is 18.0 Å². The highest BCUT2D eigenvalue weighted by Crippen LogP contribution is 2.31. The molecule has 0 saturated carbocycles. The number of hydrogen-bond acceptors (Lipinski definition) is 7. The van der Waals surface area contributed by atoms with Crippen molar-refractivity contribution in [2.24, 2.45) is 0 Å². The molecule has 0 unspecified atom stereocenters. The summed E-state index contributed by atoms with van der Waals surface area (Å²) >= 11 is 1.31. The zero-order valence-electron chi connectivity index (χ0n) is 18.3. The minimum Gasteiger partial charge on any atom is -0.465 e. The molecule has 1 aromatic carbocycles. The second-order valence-corrected chi connectivity index (χ2v) is 9.44. The lowest BCUT2D eigenvalue weighted by molar-refractivity contribution is 0.0605. The van der Waals surface area contributed by atoms with Gasteiger partial charge in [0.1, 0.15) is 29.6 Å². The number of aromatic nitrogens is 4. The highest BCUT2D eigenvalue weighted by molar-refractivity contribution is 7.13. The van der Waals surface area contributed by atoms with E-state index in [1.807, 2.05) is 5.38 Å². The van der Waals surface area contributed by atoms with Crippen LogP contribution in [-0.2, 0) is 11.3 Å². The second kappa shape index (κ2) is 8.77. The molecule has 33 heavy (non-hydrogen) atoms. The average molecular weight is 475 g/mol. The van der Waals surface area contributed by atoms with E-state index in [0.717, 1.165) is 5.69 Å². The Bertz CT molecular complexity index is 1160. The average Bonchev–Trinajstić information content (AvgIpc) is 3.47. The molecular weight excluding hydrogens is 451 g/mol. The van der Waals surface area contributed by atoms with E-state index in [9.17, 15) is 19.1 Å². The van der Waals surface area contributed by atoms with Crippen molar-refractivity contribution in [2.45, 2.75) is 39.0 Å². The quantitative estimate of drug-likeness (QED) is 0.580. The van der Waals surface area contributed by atoms with Crippen molar-refractivity contribution < 1.29 is 23.8 Å². The van der Waals surface area contributed by atoms with E-state index in [1.165, 1.54) is 33.5 Å². The summed E-state index contributed by atoms with van der Waals surface area (Å²) in [6.45, 7) is 5.87. The molecule has 0 bridgehead atoms. The predicted octanol–water partition coefficient (Wildman–Crippen LogP) is 3.69. The number of benzene rings is 1. The molecule has 3 aromatic rings. The van der Waals surface area contributed by atoms with Crippen LogP contribution in [0.25, 0.3) is 10.6 Å². The summed E-state index contributed by atoms with van der Waals surface area (Å²) in [5.74, 6) is -0.521. The van der Waals surface area contributed by atoms with Gasteiger partial charge in [-0.15, -0.1) is 11.3 Å². The molecule has 1 aliphatic rings. The fraction of sp³-hybridized carbons (Fsp3) is 0.381. The van der Waals surface area contributed by atoms with Gasteiger partial charge in [0.25, 0.3) is 0 Å². The summed E-state index contributed by atoms with van der Waals surface area (Å²) in [6, 6.07) is 4.46. The number of nitrogens with zero attached hydrogens (tertiary/aromatic N) is 6. The van der Waals surface area contributed by atoms with Gasteiger partial charge in [0.15, 0.2) is 0 Å². The van der Waals surface area contributed by atoms with Crippen molar-refractivity contribution >= 4 is 29.2 Å². The molecule has 1 saturated heterocycles. The van der Waals surface area contributed by atoms with Crippen LogP contribution in [-0.4, -0.2) is 66.7 Å². The van der Waals surface area contributed by atoms with Gasteiger partial charge in [-0.2, -0.15) is 5.10 Å². The summed E-state index contributed by atoms with van der Waals surface area (Å²) in [5.41, 5.74) is 0.736. The maximum absolute atomic E-state index is 14.9. The molecule has 1 atom stereocenters. The van der Waals surface area contributed by atoms with Gasteiger partial charge in [0, 0.05) is 16.5 Å². The highest BCUT2D eigenvalue weighted by atomic mass is 32.1. The molecule has 1 fully saturated rings. The number of rotatable bonds is 6. The summed E-state index contributed by atoms with van der Waals surface area (Å²) in [4.78, 5) is 34.9. The van der Waals surface area contributed by atoms with Crippen molar-refractivity contribution in [3.05, 3.63) is 47.7 Å². The zero-order valence-corrected chi connectivity index (χ0v) is 19.1. The third-order valence-electron chi connectivity index (χ3n) is 5.14. The number of carbonyl (C=O) groups excluding carboxylic acids is 1. The summed E-state index contributed by atoms with van der Waals surface area (Å²) in [6.07, 6.45) is 0.610. The zero-order chi connectivity index (χ0) is 23.8. The van der Waals surface area contributed by atoms with E-state index >= 15 is 0 Å². The maximum Gasteiger partial charge on any atom is 0.414 e. The summed E-state index contributed by atoms with van der Waals surface area (Å²) < 4.78 is 21.9. The van der Waals surface area contributed by atoms with Crippen molar-refractivity contribution in [1.29, 1.82) is 0 Å². The first-order chi connectivity index (χ1) is 15.6. The number of hydrogen-bond donors (Lipinski definition) is 1. The topological polar surface area (TPSA) is 114 Å². The van der Waals surface area contributed by atoms with Crippen molar-refractivity contribution in [1.82, 2.24) is 24.6 Å². The summed E-state index contributed by atoms with van der Waals surface area (Å²) in [7, 11) is 0. The first kappa shape index (κ1) is 22.6. The van der Waals surface area contributed by atoms with Crippen LogP contribution in [0.15, 0.2) is 36.2 Å². The van der Waals surface area contributed by atoms with E-state index < -0.39 is 29.6 Å². The van der Waals surface area contributed by atoms with Crippen LogP contribution < -0.4 is 4.90 Å². The van der Waals surface area contributed by atoms with E-state index in [1.54, 1.807) is 43.9 Å². The Kier molecular flexibility index (Phi) is 6.02. The largest absolute Gasteiger partial charge is 0.465 e. The van der Waals surface area contributed by atoms with Crippen LogP contribution in [0, 0.1) is 5.82 Å². The number of amides is 2. The molecule has 10 nitrogen and oxygen atoms in total. The van der Waals surface area contributed by atoms with Crippen LogP contribution >= 0.6 is 11.3 Å². The fourth-order valence-corrected chi connectivity index (χ4v) is 4.34. The molecule has 3 heterocycles. The Morgan fingerprint density at radius 2 is 2.18 bits per heavy atom. The normalized spacial score (nSPS) is 16.2. The molecule has 2 amide bonds. The van der Waals surface area contributed by atoms with Gasteiger partial charge < -0.3 is 9.84 Å². The minimum atomic E-state index is -1.10. The van der Waals surface area contributed by atoms with Crippen molar-refractivity contribution in [3.63, 3.8) is 0 Å². The molecular formula is C21H23FN6O4S. The van der Waals surface area contributed by atoms with Crippen LogP contribution in [0.2, 0.25) is 0 Å². The fourth-order valence-electron chi connectivity index (χ4n) is 3.50. The standard InChI is InChI=1S/C21H23FN6O4S/c1-21(2,3)28(19(29)30)9-15-8-27(20(31)32-15)14-4-5-16(17(22)6-14)18-25-13(10-33-18)7-26-12-23-11-24-26/h4-6,10-12,15H,7-9H2,1-3H3,(H,29,30)/t15-/m0/s1. The number of cyclic esters (lactones) is 1. The minimum absolute atomic E-state index is 0.0231. The van der Waals surface area contributed by atoms with E-state index in [-0.39, 0.29) is 13.1 Å². The lowest BCUT2D eigenvalue weighted by Crippen LogP contribution is -2.49. The number of anilines is 1. The number of carbonyl (C=O) groups is 2. The Hall–Kier alpha value is -3.54. The Morgan fingerprint density at radius 3 is 2.82 bits per heavy atom. The molecule has 0 radical (unpaired) electrons. The third kappa shape index (κ3) is 4.95. The van der Waals surface area contributed by atoms with E-state index in [2.05, 4.69) is 15.1 Å². The monoisotopic (exact) mass is 474 g/mol. The van der Waals surface area contributed by atoms with E-state index in [0.29, 0.717) is 22.8 Å². The first-order valence-electron chi connectivity index (χ1n) is 10.2.